The van der Waals surface area contributed by atoms with Gasteiger partial charge < -0.3 is 15.1 Å². The molecule has 8 nitrogen and oxygen atoms in total. The second-order valence-corrected chi connectivity index (χ2v) is 9.33. The summed E-state index contributed by atoms with van der Waals surface area (Å²) in [5.74, 6) is -0.291. The smallest absolute Gasteiger partial charge is 0.334 e. The maximum atomic E-state index is 13.5. The highest BCUT2D eigenvalue weighted by atomic mass is 19.1. The van der Waals surface area contributed by atoms with Crippen LogP contribution in [0.5, 0.6) is 0 Å². The van der Waals surface area contributed by atoms with Gasteiger partial charge in [0, 0.05) is 19.6 Å². The Bertz CT molecular complexity index is 858. The summed E-state index contributed by atoms with van der Waals surface area (Å²) >= 11 is 0. The Labute approximate surface area is 195 Å². The molecule has 2 aliphatic rings. The number of carbonyl (C=O) groups excluding carboxylic acids is 3. The summed E-state index contributed by atoms with van der Waals surface area (Å²) in [7, 11) is 1.71. The summed E-state index contributed by atoms with van der Waals surface area (Å²) in [6, 6.07) is 5.07. The van der Waals surface area contributed by atoms with Crippen LogP contribution in [0.15, 0.2) is 24.3 Å². The molecule has 0 saturated carbocycles. The van der Waals surface area contributed by atoms with E-state index >= 15 is 0 Å². The normalized spacial score (nSPS) is 21.8. The number of likely N-dealkylation sites (N-methyl/N-ethyl adjacent to an activating group) is 1. The summed E-state index contributed by atoms with van der Waals surface area (Å²) in [5, 5.41) is 6.06. The zero-order valence-electron chi connectivity index (χ0n) is 20.3. The number of rotatable bonds is 7. The third-order valence-electron chi connectivity index (χ3n) is 6.53. The Morgan fingerprint density at radius 2 is 1.79 bits per heavy atom. The first-order valence-corrected chi connectivity index (χ1v) is 11.8. The topological polar surface area (TPSA) is 76.2 Å². The van der Waals surface area contributed by atoms with Crippen LogP contribution in [-0.2, 0) is 16.1 Å². The van der Waals surface area contributed by atoms with E-state index in [1.807, 2.05) is 18.7 Å². The summed E-state index contributed by atoms with van der Waals surface area (Å²) in [5.41, 5.74) is 0.771. The number of benzene rings is 1. The number of hydrogen-bond donors (Lipinski definition) is 1. The number of nitrogens with zero attached hydrogens (tertiary/aromatic N) is 4. The number of fused-ring (bicyclic) bond motifs is 1. The van der Waals surface area contributed by atoms with Crippen LogP contribution in [0.25, 0.3) is 0 Å². The van der Waals surface area contributed by atoms with E-state index in [-0.39, 0.29) is 55.3 Å². The summed E-state index contributed by atoms with van der Waals surface area (Å²) in [6.45, 7) is 8.70. The number of hydrogen-bond acceptors (Lipinski definition) is 4. The largest absolute Gasteiger partial charge is 0.334 e. The Morgan fingerprint density at radius 3 is 2.36 bits per heavy atom. The lowest BCUT2D eigenvalue weighted by atomic mass is 9.95. The van der Waals surface area contributed by atoms with Gasteiger partial charge in [-0.25, -0.2) is 19.2 Å². The van der Waals surface area contributed by atoms with Gasteiger partial charge in [-0.3, -0.25) is 9.59 Å². The summed E-state index contributed by atoms with van der Waals surface area (Å²) in [6.07, 6.45) is 1.59. The van der Waals surface area contributed by atoms with E-state index in [1.165, 1.54) is 12.1 Å². The number of hydrazine groups is 1. The SMILES string of the molecule is CCC(CC)N1C[C@H]2N(C(=O)CN(C)N2C(=O)NCc2ccc(F)cc2)[C@@H](CC(C)C)C1=O. The first-order valence-electron chi connectivity index (χ1n) is 11.8. The van der Waals surface area contributed by atoms with Gasteiger partial charge in [0.2, 0.25) is 11.8 Å². The van der Waals surface area contributed by atoms with Gasteiger partial charge >= 0.3 is 6.03 Å². The lowest BCUT2D eigenvalue weighted by molar-refractivity contribution is -0.190. The molecule has 2 atom stereocenters. The molecular formula is C24H36FN5O3. The number of carbonyl (C=O) groups is 3. The predicted molar refractivity (Wildman–Crippen MR) is 123 cm³/mol. The average molecular weight is 462 g/mol. The van der Waals surface area contributed by atoms with E-state index in [0.29, 0.717) is 6.42 Å². The van der Waals surface area contributed by atoms with E-state index in [0.717, 1.165) is 18.4 Å². The molecule has 1 aromatic carbocycles. The molecule has 0 spiro atoms. The number of nitrogens with one attached hydrogen (secondary N) is 1. The molecule has 1 aromatic rings. The minimum absolute atomic E-state index is 0.0212. The fourth-order valence-corrected chi connectivity index (χ4v) is 4.86. The molecule has 0 aromatic heterocycles. The monoisotopic (exact) mass is 461 g/mol. The van der Waals surface area contributed by atoms with Gasteiger partial charge in [-0.05, 0) is 42.9 Å². The molecule has 0 bridgehead atoms. The van der Waals surface area contributed by atoms with Gasteiger partial charge in [-0.15, -0.1) is 0 Å². The fraction of sp³-hybridized carbons (Fsp3) is 0.625. The highest BCUT2D eigenvalue weighted by Gasteiger charge is 2.51. The lowest BCUT2D eigenvalue weighted by Crippen LogP contribution is -2.76. The van der Waals surface area contributed by atoms with Crippen molar-refractivity contribution in [3.8, 4) is 0 Å². The van der Waals surface area contributed by atoms with Crippen LogP contribution in [0.1, 0.15) is 52.5 Å². The van der Waals surface area contributed by atoms with Gasteiger partial charge in [0.15, 0.2) is 0 Å². The van der Waals surface area contributed by atoms with E-state index in [2.05, 4.69) is 19.2 Å². The standard InChI is InChI=1S/C24H36FN5O3/c1-6-19(7-2)28-14-21-29(20(23(28)32)12-16(3)4)22(31)15-27(5)30(21)24(33)26-13-17-8-10-18(25)11-9-17/h8-11,16,19-21H,6-7,12-15H2,1-5H3,(H,26,33)/t20-,21-/m0/s1. The van der Waals surface area contributed by atoms with Crippen LogP contribution in [-0.4, -0.2) is 76.0 Å². The summed E-state index contributed by atoms with van der Waals surface area (Å²) < 4.78 is 13.2. The molecule has 0 radical (unpaired) electrons. The molecular weight excluding hydrogens is 425 g/mol. The molecule has 0 aliphatic carbocycles. The van der Waals surface area contributed by atoms with Crippen molar-refractivity contribution in [2.24, 2.45) is 5.92 Å². The molecule has 2 heterocycles. The van der Waals surface area contributed by atoms with Gasteiger partial charge in [0.05, 0.1) is 13.1 Å². The van der Waals surface area contributed by atoms with E-state index in [1.54, 1.807) is 34.1 Å². The molecule has 2 aliphatic heterocycles. The third kappa shape index (κ3) is 5.29. The molecule has 0 unspecified atom stereocenters. The van der Waals surface area contributed by atoms with E-state index in [4.69, 9.17) is 0 Å². The van der Waals surface area contributed by atoms with Crippen molar-refractivity contribution in [1.82, 2.24) is 25.1 Å². The molecule has 182 valence electrons. The molecule has 4 amide bonds. The van der Waals surface area contributed by atoms with Crippen LogP contribution in [0.2, 0.25) is 0 Å². The van der Waals surface area contributed by atoms with E-state index in [9.17, 15) is 18.8 Å². The van der Waals surface area contributed by atoms with Gasteiger partial charge in [0.1, 0.15) is 18.0 Å². The molecule has 3 rings (SSSR count). The van der Waals surface area contributed by atoms with Crippen molar-refractivity contribution < 1.29 is 18.8 Å². The van der Waals surface area contributed by atoms with Crippen molar-refractivity contribution in [3.63, 3.8) is 0 Å². The van der Waals surface area contributed by atoms with Crippen molar-refractivity contribution in [1.29, 1.82) is 0 Å². The Morgan fingerprint density at radius 1 is 1.15 bits per heavy atom. The van der Waals surface area contributed by atoms with Crippen molar-refractivity contribution in [3.05, 3.63) is 35.6 Å². The van der Waals surface area contributed by atoms with Crippen LogP contribution < -0.4 is 5.32 Å². The maximum absolute atomic E-state index is 13.5. The third-order valence-corrected chi connectivity index (χ3v) is 6.53. The van der Waals surface area contributed by atoms with Crippen molar-refractivity contribution >= 4 is 17.8 Å². The van der Waals surface area contributed by atoms with Crippen molar-refractivity contribution in [2.45, 2.75) is 71.8 Å². The molecule has 2 saturated heterocycles. The quantitative estimate of drug-likeness (QED) is 0.678. The number of amides is 4. The average Bonchev–Trinajstić information content (AvgIpc) is 2.76. The predicted octanol–water partition coefficient (Wildman–Crippen LogP) is 2.80. The second-order valence-electron chi connectivity index (χ2n) is 9.33. The highest BCUT2D eigenvalue weighted by Crippen LogP contribution is 2.30. The van der Waals surface area contributed by atoms with Gasteiger partial charge in [-0.2, -0.15) is 0 Å². The van der Waals surface area contributed by atoms with Crippen LogP contribution in [0.3, 0.4) is 0 Å². The molecule has 33 heavy (non-hydrogen) atoms. The maximum Gasteiger partial charge on any atom is 0.334 e. The first kappa shape index (κ1) is 25.0. The first-order chi connectivity index (χ1) is 15.7. The Hall–Kier alpha value is -2.68. The van der Waals surface area contributed by atoms with Crippen LogP contribution in [0.4, 0.5) is 9.18 Å². The minimum Gasteiger partial charge on any atom is -0.334 e. The zero-order chi connectivity index (χ0) is 24.3. The summed E-state index contributed by atoms with van der Waals surface area (Å²) in [4.78, 5) is 43.4. The van der Waals surface area contributed by atoms with Crippen molar-refractivity contribution in [2.75, 3.05) is 20.1 Å². The molecule has 2 fully saturated rings. The zero-order valence-corrected chi connectivity index (χ0v) is 20.3. The highest BCUT2D eigenvalue weighted by molar-refractivity contribution is 5.91. The van der Waals surface area contributed by atoms with Gasteiger partial charge in [0.25, 0.3) is 0 Å². The van der Waals surface area contributed by atoms with E-state index < -0.39 is 12.2 Å². The number of halogens is 1. The molecule has 1 N–H and O–H groups in total. The Balaban J connectivity index is 1.88. The Kier molecular flexibility index (Phi) is 7.94. The van der Waals surface area contributed by atoms with Gasteiger partial charge in [-0.1, -0.05) is 39.8 Å². The van der Waals surface area contributed by atoms with Crippen LogP contribution >= 0.6 is 0 Å². The number of piperazine rings is 1. The lowest BCUT2D eigenvalue weighted by Gasteiger charge is -2.55. The second kappa shape index (κ2) is 10.5. The molecule has 9 heteroatoms. The number of urea groups is 1. The minimum atomic E-state index is -0.585. The fourth-order valence-electron chi connectivity index (χ4n) is 4.86. The van der Waals surface area contributed by atoms with Crippen LogP contribution in [0, 0.1) is 11.7 Å².